The number of hydrogen-bond donors (Lipinski definition) is 1. The summed E-state index contributed by atoms with van der Waals surface area (Å²) < 4.78 is 10.1. The fourth-order valence-electron chi connectivity index (χ4n) is 1.90. The first-order valence-corrected chi connectivity index (χ1v) is 7.12. The van der Waals surface area contributed by atoms with E-state index in [2.05, 4.69) is 4.74 Å². The molecule has 1 rings (SSSR count). The quantitative estimate of drug-likeness (QED) is 0.530. The summed E-state index contributed by atoms with van der Waals surface area (Å²) in [5.74, 6) is -0.248. The van der Waals surface area contributed by atoms with Crippen LogP contribution in [-0.4, -0.2) is 30.8 Å². The maximum absolute atomic E-state index is 10.9. The molecule has 116 valence electrons. The van der Waals surface area contributed by atoms with Crippen LogP contribution in [0.5, 0.6) is 5.75 Å². The van der Waals surface area contributed by atoms with Gasteiger partial charge in [0.1, 0.15) is 5.75 Å². The number of carboxylic acid groups (broad SMARTS) is 1. The van der Waals surface area contributed by atoms with Crippen LogP contribution in [0.2, 0.25) is 0 Å². The number of unbranched alkanes of at least 4 members (excludes halogenated alkanes) is 3. The van der Waals surface area contributed by atoms with Gasteiger partial charge < -0.3 is 14.6 Å². The van der Waals surface area contributed by atoms with E-state index in [4.69, 9.17) is 9.84 Å². The lowest BCUT2D eigenvalue weighted by atomic mass is 10.1. The number of ether oxygens (including phenoxy) is 2. The zero-order valence-electron chi connectivity index (χ0n) is 12.3. The number of carbonyl (C=O) groups is 2. The highest BCUT2D eigenvalue weighted by atomic mass is 16.5. The van der Waals surface area contributed by atoms with Crippen molar-refractivity contribution in [2.24, 2.45) is 0 Å². The fourth-order valence-corrected chi connectivity index (χ4v) is 1.90. The van der Waals surface area contributed by atoms with Gasteiger partial charge in [0.25, 0.3) is 0 Å². The number of rotatable bonds is 10. The molecule has 5 nitrogen and oxygen atoms in total. The molecular weight excluding hydrogens is 272 g/mol. The van der Waals surface area contributed by atoms with Crippen molar-refractivity contribution in [1.29, 1.82) is 0 Å². The molecule has 0 saturated carbocycles. The van der Waals surface area contributed by atoms with Crippen molar-refractivity contribution < 1.29 is 24.2 Å². The second kappa shape index (κ2) is 9.80. The van der Waals surface area contributed by atoms with E-state index < -0.39 is 5.97 Å². The van der Waals surface area contributed by atoms with Crippen molar-refractivity contribution in [3.05, 3.63) is 29.8 Å². The summed E-state index contributed by atoms with van der Waals surface area (Å²) in [4.78, 5) is 21.4. The van der Waals surface area contributed by atoms with Crippen molar-refractivity contribution in [2.45, 2.75) is 38.5 Å². The summed E-state index contributed by atoms with van der Waals surface area (Å²) in [6.45, 7) is 0.622. The Hall–Kier alpha value is -2.04. The normalized spacial score (nSPS) is 10.1. The minimum atomic E-state index is -0.837. The average molecular weight is 294 g/mol. The average Bonchev–Trinajstić information content (AvgIpc) is 2.47. The molecule has 0 fully saturated rings. The summed E-state index contributed by atoms with van der Waals surface area (Å²) in [5.41, 5.74) is 0.762. The standard InChI is InChI=1S/C16H22O5/c1-20-16(19)6-4-2-3-5-11-21-14-9-7-13(8-10-14)12-15(17)18/h7-10H,2-6,11-12H2,1H3,(H,17,18). The molecule has 0 atom stereocenters. The molecule has 0 aliphatic carbocycles. The second-order valence-corrected chi connectivity index (χ2v) is 4.80. The maximum Gasteiger partial charge on any atom is 0.307 e. The van der Waals surface area contributed by atoms with Crippen molar-refractivity contribution in [3.63, 3.8) is 0 Å². The molecule has 0 amide bonds. The number of aliphatic carboxylic acids is 1. The predicted molar refractivity (Wildman–Crippen MR) is 78.4 cm³/mol. The van der Waals surface area contributed by atoms with Gasteiger partial charge in [-0.25, -0.2) is 0 Å². The zero-order chi connectivity index (χ0) is 15.5. The number of benzene rings is 1. The van der Waals surface area contributed by atoms with Crippen LogP contribution in [-0.2, 0) is 20.7 Å². The molecule has 0 radical (unpaired) electrons. The minimum Gasteiger partial charge on any atom is -0.494 e. The van der Waals surface area contributed by atoms with Crippen molar-refractivity contribution in [3.8, 4) is 5.75 Å². The van der Waals surface area contributed by atoms with E-state index in [-0.39, 0.29) is 12.4 Å². The first-order chi connectivity index (χ1) is 10.1. The van der Waals surface area contributed by atoms with Crippen LogP contribution in [0.1, 0.15) is 37.7 Å². The van der Waals surface area contributed by atoms with Gasteiger partial charge in [-0.05, 0) is 30.5 Å². The summed E-state index contributed by atoms with van der Waals surface area (Å²) >= 11 is 0. The third-order valence-electron chi connectivity index (χ3n) is 3.05. The summed E-state index contributed by atoms with van der Waals surface area (Å²) in [7, 11) is 1.40. The van der Waals surface area contributed by atoms with E-state index in [1.54, 1.807) is 24.3 Å². The lowest BCUT2D eigenvalue weighted by Gasteiger charge is -2.06. The molecule has 1 aromatic carbocycles. The molecule has 21 heavy (non-hydrogen) atoms. The van der Waals surface area contributed by atoms with Crippen LogP contribution < -0.4 is 4.74 Å². The molecular formula is C16H22O5. The second-order valence-electron chi connectivity index (χ2n) is 4.80. The first kappa shape index (κ1) is 17.0. The molecule has 0 saturated heterocycles. The van der Waals surface area contributed by atoms with Crippen LogP contribution in [0.3, 0.4) is 0 Å². The molecule has 0 aromatic heterocycles. The topological polar surface area (TPSA) is 72.8 Å². The molecule has 0 aliphatic rings. The SMILES string of the molecule is COC(=O)CCCCCCOc1ccc(CC(=O)O)cc1. The smallest absolute Gasteiger partial charge is 0.307 e. The van der Waals surface area contributed by atoms with E-state index in [0.717, 1.165) is 37.0 Å². The Balaban J connectivity index is 2.10. The molecule has 0 bridgehead atoms. The fraction of sp³-hybridized carbons (Fsp3) is 0.500. The minimum absolute atomic E-state index is 0.0282. The van der Waals surface area contributed by atoms with Crippen molar-refractivity contribution in [1.82, 2.24) is 0 Å². The van der Waals surface area contributed by atoms with Crippen molar-refractivity contribution in [2.75, 3.05) is 13.7 Å². The van der Waals surface area contributed by atoms with E-state index in [9.17, 15) is 9.59 Å². The molecule has 1 aromatic rings. The molecule has 1 N–H and O–H groups in total. The maximum atomic E-state index is 10.9. The van der Waals surface area contributed by atoms with Crippen LogP contribution in [0, 0.1) is 0 Å². The largest absolute Gasteiger partial charge is 0.494 e. The highest BCUT2D eigenvalue weighted by Crippen LogP contribution is 2.13. The molecule has 5 heteroatoms. The third-order valence-corrected chi connectivity index (χ3v) is 3.05. The van der Waals surface area contributed by atoms with Gasteiger partial charge in [-0.15, -0.1) is 0 Å². The monoisotopic (exact) mass is 294 g/mol. The Bertz CT molecular complexity index is 438. The Morgan fingerprint density at radius 1 is 1.05 bits per heavy atom. The highest BCUT2D eigenvalue weighted by Gasteiger charge is 2.01. The van der Waals surface area contributed by atoms with E-state index in [1.807, 2.05) is 0 Å². The number of carbonyl (C=O) groups excluding carboxylic acids is 1. The number of esters is 1. The van der Waals surface area contributed by atoms with Crippen LogP contribution in [0.4, 0.5) is 0 Å². The van der Waals surface area contributed by atoms with E-state index in [1.165, 1.54) is 7.11 Å². The van der Waals surface area contributed by atoms with Gasteiger partial charge in [0, 0.05) is 6.42 Å². The van der Waals surface area contributed by atoms with Gasteiger partial charge in [-0.1, -0.05) is 25.0 Å². The van der Waals surface area contributed by atoms with Gasteiger partial charge >= 0.3 is 11.9 Å². The number of carboxylic acids is 1. The van der Waals surface area contributed by atoms with Crippen LogP contribution >= 0.6 is 0 Å². The van der Waals surface area contributed by atoms with Gasteiger partial charge in [-0.2, -0.15) is 0 Å². The first-order valence-electron chi connectivity index (χ1n) is 7.12. The Morgan fingerprint density at radius 2 is 1.71 bits per heavy atom. The number of methoxy groups -OCH3 is 1. The zero-order valence-corrected chi connectivity index (χ0v) is 12.3. The Kier molecular flexibility index (Phi) is 7.94. The Morgan fingerprint density at radius 3 is 2.33 bits per heavy atom. The summed E-state index contributed by atoms with van der Waals surface area (Å²) in [6, 6.07) is 7.10. The van der Waals surface area contributed by atoms with E-state index in [0.29, 0.717) is 13.0 Å². The van der Waals surface area contributed by atoms with Crippen LogP contribution in [0.25, 0.3) is 0 Å². The van der Waals surface area contributed by atoms with Crippen molar-refractivity contribution >= 4 is 11.9 Å². The number of hydrogen-bond acceptors (Lipinski definition) is 4. The Labute approximate surface area is 124 Å². The summed E-state index contributed by atoms with van der Waals surface area (Å²) in [5, 5.41) is 8.67. The summed E-state index contributed by atoms with van der Waals surface area (Å²) in [6.07, 6.45) is 4.27. The lowest BCUT2D eigenvalue weighted by Crippen LogP contribution is -2.01. The third kappa shape index (κ3) is 7.97. The molecule has 0 spiro atoms. The van der Waals surface area contributed by atoms with Gasteiger partial charge in [0.05, 0.1) is 20.1 Å². The van der Waals surface area contributed by atoms with E-state index >= 15 is 0 Å². The van der Waals surface area contributed by atoms with Gasteiger partial charge in [0.15, 0.2) is 0 Å². The van der Waals surface area contributed by atoms with Gasteiger partial charge in [-0.3, -0.25) is 9.59 Å². The highest BCUT2D eigenvalue weighted by molar-refractivity contribution is 5.70. The molecule has 0 unspecified atom stereocenters. The lowest BCUT2D eigenvalue weighted by molar-refractivity contribution is -0.140. The van der Waals surface area contributed by atoms with Crippen LogP contribution in [0.15, 0.2) is 24.3 Å². The predicted octanol–water partition coefficient (Wildman–Crippen LogP) is 2.82. The molecule has 0 heterocycles. The van der Waals surface area contributed by atoms with Gasteiger partial charge in [0.2, 0.25) is 0 Å². The molecule has 0 aliphatic heterocycles.